The van der Waals surface area contributed by atoms with Crippen molar-refractivity contribution in [1.29, 1.82) is 0 Å². The van der Waals surface area contributed by atoms with E-state index >= 15 is 0 Å². The maximum atomic E-state index is 12.2. The molecular formula is C17H26O2. The van der Waals surface area contributed by atoms with Gasteiger partial charge in [-0.1, -0.05) is 31.8 Å². The third kappa shape index (κ3) is 5.22. The summed E-state index contributed by atoms with van der Waals surface area (Å²) in [5, 5.41) is 0. The number of esters is 1. The van der Waals surface area contributed by atoms with Crippen LogP contribution in [0.1, 0.15) is 77.0 Å². The number of hydrogen-bond acceptors (Lipinski definition) is 2. The van der Waals surface area contributed by atoms with Crippen molar-refractivity contribution in [3.63, 3.8) is 0 Å². The molecule has 0 atom stereocenters. The van der Waals surface area contributed by atoms with Crippen LogP contribution in [0.4, 0.5) is 0 Å². The Morgan fingerprint density at radius 1 is 0.789 bits per heavy atom. The maximum absolute atomic E-state index is 12.2. The van der Waals surface area contributed by atoms with Crippen molar-refractivity contribution in [1.82, 2.24) is 0 Å². The molecule has 2 aliphatic carbocycles. The predicted octanol–water partition coefficient (Wildman–Crippen LogP) is 5.05. The summed E-state index contributed by atoms with van der Waals surface area (Å²) in [6.45, 7) is 0. The van der Waals surface area contributed by atoms with E-state index in [-0.39, 0.29) is 5.97 Å². The van der Waals surface area contributed by atoms with Gasteiger partial charge >= 0.3 is 5.97 Å². The van der Waals surface area contributed by atoms with Gasteiger partial charge in [0.25, 0.3) is 0 Å². The van der Waals surface area contributed by atoms with Crippen molar-refractivity contribution in [2.45, 2.75) is 77.0 Å². The van der Waals surface area contributed by atoms with Gasteiger partial charge in [0.2, 0.25) is 0 Å². The highest BCUT2D eigenvalue weighted by molar-refractivity contribution is 5.89. The normalized spacial score (nSPS) is 27.6. The first-order valence-corrected chi connectivity index (χ1v) is 7.96. The van der Waals surface area contributed by atoms with Crippen LogP contribution in [0.15, 0.2) is 23.5 Å². The molecule has 19 heavy (non-hydrogen) atoms. The van der Waals surface area contributed by atoms with Crippen molar-refractivity contribution in [2.24, 2.45) is 0 Å². The monoisotopic (exact) mass is 262 g/mol. The van der Waals surface area contributed by atoms with E-state index in [1.165, 1.54) is 38.5 Å². The zero-order valence-electron chi connectivity index (χ0n) is 12.0. The molecule has 2 aliphatic rings. The minimum Gasteiger partial charge on any atom is -0.428 e. The number of ether oxygens (including phenoxy) is 1. The summed E-state index contributed by atoms with van der Waals surface area (Å²) in [6, 6.07) is 0. The summed E-state index contributed by atoms with van der Waals surface area (Å²) >= 11 is 0. The van der Waals surface area contributed by atoms with Crippen LogP contribution in [0.2, 0.25) is 0 Å². The maximum Gasteiger partial charge on any atom is 0.338 e. The molecule has 0 aromatic heterocycles. The molecule has 2 heteroatoms. The standard InChI is InChI=1S/C17H26O2/c18-17(15-11-7-3-1-4-8-12-15)19-16-13-9-5-2-6-10-14-16/h11,13H,1-10,12,14H2/b15-11+,16-13+. The van der Waals surface area contributed by atoms with Crippen LogP contribution in [0.3, 0.4) is 0 Å². The van der Waals surface area contributed by atoms with Gasteiger partial charge in [0.05, 0.1) is 0 Å². The molecule has 0 fully saturated rings. The average molecular weight is 262 g/mol. The molecule has 0 aliphatic heterocycles. The van der Waals surface area contributed by atoms with Crippen LogP contribution in [0.25, 0.3) is 0 Å². The Bertz CT molecular complexity index is 352. The molecule has 0 saturated carbocycles. The minimum absolute atomic E-state index is 0.0891. The van der Waals surface area contributed by atoms with Gasteiger partial charge in [-0.05, 0) is 51.0 Å². The van der Waals surface area contributed by atoms with Gasteiger partial charge in [-0.2, -0.15) is 0 Å². The molecule has 0 heterocycles. The number of carbonyl (C=O) groups is 1. The Balaban J connectivity index is 1.90. The number of carbonyl (C=O) groups excluding carboxylic acids is 1. The highest BCUT2D eigenvalue weighted by Crippen LogP contribution is 2.22. The molecule has 0 amide bonds. The largest absolute Gasteiger partial charge is 0.428 e. The smallest absolute Gasteiger partial charge is 0.338 e. The molecule has 0 bridgehead atoms. The lowest BCUT2D eigenvalue weighted by atomic mass is 10.00. The second kappa shape index (κ2) is 8.19. The van der Waals surface area contributed by atoms with Crippen LogP contribution in [-0.2, 0) is 9.53 Å². The Hall–Kier alpha value is -1.05. The summed E-state index contributed by atoms with van der Waals surface area (Å²) in [6.07, 6.45) is 18.0. The first kappa shape index (κ1) is 14.4. The van der Waals surface area contributed by atoms with Crippen LogP contribution >= 0.6 is 0 Å². The van der Waals surface area contributed by atoms with E-state index in [1.807, 2.05) is 0 Å². The Morgan fingerprint density at radius 3 is 2.21 bits per heavy atom. The van der Waals surface area contributed by atoms with E-state index in [0.29, 0.717) is 0 Å². The summed E-state index contributed by atoms with van der Waals surface area (Å²) in [5.74, 6) is 0.821. The lowest BCUT2D eigenvalue weighted by molar-refractivity contribution is -0.135. The van der Waals surface area contributed by atoms with E-state index in [4.69, 9.17) is 4.74 Å². The van der Waals surface area contributed by atoms with Gasteiger partial charge in [0.1, 0.15) is 5.76 Å². The van der Waals surface area contributed by atoms with Crippen molar-refractivity contribution >= 4 is 5.97 Å². The fourth-order valence-corrected chi connectivity index (χ4v) is 2.82. The predicted molar refractivity (Wildman–Crippen MR) is 77.7 cm³/mol. The van der Waals surface area contributed by atoms with Crippen LogP contribution < -0.4 is 0 Å². The first-order valence-electron chi connectivity index (χ1n) is 7.96. The van der Waals surface area contributed by atoms with Crippen molar-refractivity contribution < 1.29 is 9.53 Å². The van der Waals surface area contributed by atoms with E-state index in [1.54, 1.807) is 0 Å². The Kier molecular flexibility index (Phi) is 6.19. The zero-order valence-corrected chi connectivity index (χ0v) is 12.0. The number of allylic oxidation sites excluding steroid dienone is 3. The first-order chi connectivity index (χ1) is 9.36. The summed E-state index contributed by atoms with van der Waals surface area (Å²) in [4.78, 5) is 12.2. The molecule has 0 saturated heterocycles. The second-order valence-corrected chi connectivity index (χ2v) is 5.70. The molecule has 106 valence electrons. The van der Waals surface area contributed by atoms with Gasteiger partial charge in [-0.25, -0.2) is 4.79 Å². The Morgan fingerprint density at radius 2 is 1.42 bits per heavy atom. The average Bonchev–Trinajstić information content (AvgIpc) is 2.31. The lowest BCUT2D eigenvalue weighted by Gasteiger charge is -2.14. The Labute approximate surface area is 116 Å². The van der Waals surface area contributed by atoms with Gasteiger partial charge in [0, 0.05) is 12.0 Å². The SMILES string of the molecule is O=C(O/C1=C/CCCCCC1)/C1=C/CCCCCC1. The highest BCUT2D eigenvalue weighted by atomic mass is 16.5. The minimum atomic E-state index is -0.0891. The van der Waals surface area contributed by atoms with Crippen LogP contribution in [0, 0.1) is 0 Å². The number of rotatable bonds is 2. The molecule has 0 aromatic carbocycles. The van der Waals surface area contributed by atoms with Gasteiger partial charge < -0.3 is 4.74 Å². The van der Waals surface area contributed by atoms with E-state index in [9.17, 15) is 4.79 Å². The van der Waals surface area contributed by atoms with E-state index < -0.39 is 0 Å². The molecule has 0 spiro atoms. The van der Waals surface area contributed by atoms with Crippen molar-refractivity contribution in [3.8, 4) is 0 Å². The number of hydrogen-bond donors (Lipinski definition) is 0. The summed E-state index contributed by atoms with van der Waals surface area (Å²) < 4.78 is 5.62. The molecular weight excluding hydrogens is 236 g/mol. The lowest BCUT2D eigenvalue weighted by Crippen LogP contribution is -2.10. The van der Waals surface area contributed by atoms with Gasteiger partial charge in [0.15, 0.2) is 0 Å². The topological polar surface area (TPSA) is 26.3 Å². The molecule has 2 rings (SSSR count). The van der Waals surface area contributed by atoms with E-state index in [0.717, 1.165) is 49.9 Å². The summed E-state index contributed by atoms with van der Waals surface area (Å²) in [5.41, 5.74) is 0.905. The van der Waals surface area contributed by atoms with Crippen LogP contribution in [-0.4, -0.2) is 5.97 Å². The van der Waals surface area contributed by atoms with Gasteiger partial charge in [-0.15, -0.1) is 0 Å². The third-order valence-electron chi connectivity index (χ3n) is 4.03. The molecule has 0 aromatic rings. The quantitative estimate of drug-likeness (QED) is 0.651. The van der Waals surface area contributed by atoms with Crippen LogP contribution in [0.5, 0.6) is 0 Å². The molecule has 0 unspecified atom stereocenters. The van der Waals surface area contributed by atoms with Crippen molar-refractivity contribution in [3.05, 3.63) is 23.5 Å². The van der Waals surface area contributed by atoms with Gasteiger partial charge in [-0.3, -0.25) is 0 Å². The third-order valence-corrected chi connectivity index (χ3v) is 4.03. The van der Waals surface area contributed by atoms with Crippen molar-refractivity contribution in [2.75, 3.05) is 0 Å². The molecule has 0 N–H and O–H groups in total. The second-order valence-electron chi connectivity index (χ2n) is 5.70. The molecule has 0 radical (unpaired) electrons. The van der Waals surface area contributed by atoms with E-state index in [2.05, 4.69) is 12.2 Å². The fraction of sp³-hybridized carbons (Fsp3) is 0.706. The zero-order chi connectivity index (χ0) is 13.3. The highest BCUT2D eigenvalue weighted by Gasteiger charge is 2.15. The molecule has 2 nitrogen and oxygen atoms in total. The summed E-state index contributed by atoms with van der Waals surface area (Å²) in [7, 11) is 0. The fourth-order valence-electron chi connectivity index (χ4n) is 2.82.